The summed E-state index contributed by atoms with van der Waals surface area (Å²) in [5, 5.41) is 8.97. The van der Waals surface area contributed by atoms with E-state index in [-0.39, 0.29) is 35.0 Å². The number of rotatable bonds is 2. The van der Waals surface area contributed by atoms with Gasteiger partial charge in [0.25, 0.3) is 0 Å². The van der Waals surface area contributed by atoms with Gasteiger partial charge in [0.1, 0.15) is 5.82 Å². The van der Waals surface area contributed by atoms with E-state index in [1.807, 2.05) is 0 Å². The van der Waals surface area contributed by atoms with Gasteiger partial charge in [0.15, 0.2) is 0 Å². The van der Waals surface area contributed by atoms with Crippen LogP contribution < -0.4 is 29.6 Å². The van der Waals surface area contributed by atoms with E-state index < -0.39 is 17.2 Å². The molecule has 0 amide bonds. The van der Waals surface area contributed by atoms with Gasteiger partial charge in [0.2, 0.25) is 0 Å². The van der Waals surface area contributed by atoms with E-state index in [2.05, 4.69) is 15.9 Å². The number of carboxylic acids is 1. The molecule has 1 saturated carbocycles. The van der Waals surface area contributed by atoms with Crippen molar-refractivity contribution in [1.29, 1.82) is 0 Å². The maximum Gasteiger partial charge on any atom is 1.00 e. The molecular formula is C10H9BrFNaO3. The normalized spacial score (nSPS) is 15.6. The van der Waals surface area contributed by atoms with E-state index in [0.29, 0.717) is 22.9 Å². The minimum atomic E-state index is -0.954. The number of benzene rings is 1. The van der Waals surface area contributed by atoms with Crippen LogP contribution >= 0.6 is 15.9 Å². The summed E-state index contributed by atoms with van der Waals surface area (Å²) in [6, 6.07) is 4.51. The summed E-state index contributed by atoms with van der Waals surface area (Å²) in [7, 11) is 0. The predicted molar refractivity (Wildman–Crippen MR) is 54.6 cm³/mol. The molecule has 0 heterocycles. The molecule has 82 valence electrons. The molecule has 2 N–H and O–H groups in total. The van der Waals surface area contributed by atoms with Crippen LogP contribution in [0.4, 0.5) is 4.39 Å². The molecule has 0 atom stereocenters. The van der Waals surface area contributed by atoms with Crippen molar-refractivity contribution in [1.82, 2.24) is 0 Å². The van der Waals surface area contributed by atoms with Gasteiger partial charge >= 0.3 is 35.5 Å². The predicted octanol–water partition coefficient (Wildman–Crippen LogP) is -0.468. The molecule has 1 aromatic carbocycles. The Balaban J connectivity index is 0.00000112. The van der Waals surface area contributed by atoms with Crippen LogP contribution in [-0.2, 0) is 10.2 Å². The summed E-state index contributed by atoms with van der Waals surface area (Å²) < 4.78 is 14.1. The third-order valence-corrected chi connectivity index (χ3v) is 3.10. The molecule has 2 rings (SSSR count). The second-order valence-corrected chi connectivity index (χ2v) is 4.43. The van der Waals surface area contributed by atoms with Gasteiger partial charge in [-0.15, -0.1) is 0 Å². The van der Waals surface area contributed by atoms with Crippen molar-refractivity contribution >= 4 is 21.9 Å². The van der Waals surface area contributed by atoms with Crippen LogP contribution in [0.3, 0.4) is 0 Å². The van der Waals surface area contributed by atoms with Gasteiger partial charge < -0.3 is 10.6 Å². The molecule has 0 unspecified atom stereocenters. The molecule has 6 heteroatoms. The topological polar surface area (TPSA) is 67.3 Å². The van der Waals surface area contributed by atoms with Gasteiger partial charge in [-0.1, -0.05) is 22.0 Å². The van der Waals surface area contributed by atoms with Crippen LogP contribution in [0.2, 0.25) is 0 Å². The molecular weight excluding hydrogens is 290 g/mol. The second-order valence-electron chi connectivity index (χ2n) is 3.51. The summed E-state index contributed by atoms with van der Waals surface area (Å²) >= 11 is 3.13. The Morgan fingerprint density at radius 1 is 1.44 bits per heavy atom. The fourth-order valence-corrected chi connectivity index (χ4v) is 1.93. The minimum Gasteiger partial charge on any atom is -0.870 e. The van der Waals surface area contributed by atoms with E-state index in [0.717, 1.165) is 0 Å². The Hall–Kier alpha value is 0.0600. The van der Waals surface area contributed by atoms with Crippen LogP contribution in [0, 0.1) is 5.82 Å². The maximum absolute atomic E-state index is 13.5. The molecule has 16 heavy (non-hydrogen) atoms. The van der Waals surface area contributed by atoms with Gasteiger partial charge in [-0.2, -0.15) is 0 Å². The molecule has 0 radical (unpaired) electrons. The van der Waals surface area contributed by atoms with Crippen molar-refractivity contribution in [2.24, 2.45) is 0 Å². The third kappa shape index (κ3) is 2.65. The summed E-state index contributed by atoms with van der Waals surface area (Å²) in [6.45, 7) is 0. The number of hydrogen-bond donors (Lipinski definition) is 1. The standard InChI is InChI=1S/C10H8BrFO2.Na.H2O/c11-6-1-2-7(8(12)5-6)10(3-4-10)9(13)14;;/h1-2,5H,3-4H2,(H,13,14);;1H2/q;+1;/p-1. The van der Waals surface area contributed by atoms with E-state index in [9.17, 15) is 9.18 Å². The molecule has 1 fully saturated rings. The molecule has 3 nitrogen and oxygen atoms in total. The zero-order valence-corrected chi connectivity index (χ0v) is 12.3. The Morgan fingerprint density at radius 3 is 2.38 bits per heavy atom. The molecule has 1 aliphatic carbocycles. The number of carboxylic acid groups (broad SMARTS) is 1. The first-order valence-corrected chi connectivity index (χ1v) is 5.04. The minimum absolute atomic E-state index is 0. The van der Waals surface area contributed by atoms with E-state index in [1.54, 1.807) is 12.1 Å². The van der Waals surface area contributed by atoms with Crippen LogP contribution in [0.25, 0.3) is 0 Å². The van der Waals surface area contributed by atoms with Crippen LogP contribution in [0.1, 0.15) is 18.4 Å². The van der Waals surface area contributed by atoms with Crippen molar-refractivity contribution in [3.63, 3.8) is 0 Å². The molecule has 1 aliphatic rings. The van der Waals surface area contributed by atoms with E-state index in [4.69, 9.17) is 5.11 Å². The third-order valence-electron chi connectivity index (χ3n) is 2.61. The fourth-order valence-electron chi connectivity index (χ4n) is 1.60. The number of aliphatic carboxylic acids is 1. The van der Waals surface area contributed by atoms with Gasteiger partial charge in [-0.25, -0.2) is 4.39 Å². The Bertz CT molecular complexity index is 407. The first-order chi connectivity index (χ1) is 6.56. The zero-order chi connectivity index (χ0) is 10.3. The zero-order valence-electron chi connectivity index (χ0n) is 8.70. The quantitative estimate of drug-likeness (QED) is 0.751. The fraction of sp³-hybridized carbons (Fsp3) is 0.300. The van der Waals surface area contributed by atoms with Crippen LogP contribution in [0.15, 0.2) is 22.7 Å². The molecule has 0 aromatic heterocycles. The SMILES string of the molecule is O=C(O)C1(c2ccc(Br)cc2F)CC1.[Na+].[OH-]. The molecule has 0 spiro atoms. The number of hydrogen-bond acceptors (Lipinski definition) is 2. The second kappa shape index (κ2) is 5.60. The summed E-state index contributed by atoms with van der Waals surface area (Å²) in [5.74, 6) is -1.38. The van der Waals surface area contributed by atoms with Crippen molar-refractivity contribution < 1.29 is 49.3 Å². The molecule has 1 aromatic rings. The van der Waals surface area contributed by atoms with Crippen molar-refractivity contribution in [3.8, 4) is 0 Å². The smallest absolute Gasteiger partial charge is 0.870 e. The maximum atomic E-state index is 13.5. The summed E-state index contributed by atoms with van der Waals surface area (Å²) in [6.07, 6.45) is 1.06. The molecule has 0 aliphatic heterocycles. The first kappa shape index (κ1) is 16.1. The average molecular weight is 299 g/mol. The van der Waals surface area contributed by atoms with Crippen molar-refractivity contribution in [3.05, 3.63) is 34.1 Å². The van der Waals surface area contributed by atoms with Gasteiger partial charge in [0, 0.05) is 10.0 Å². The van der Waals surface area contributed by atoms with Crippen molar-refractivity contribution in [2.75, 3.05) is 0 Å². The van der Waals surface area contributed by atoms with E-state index in [1.165, 1.54) is 6.07 Å². The summed E-state index contributed by atoms with van der Waals surface area (Å²) in [4.78, 5) is 10.9. The Morgan fingerprint density at radius 2 is 2.00 bits per heavy atom. The van der Waals surface area contributed by atoms with Crippen LogP contribution in [0.5, 0.6) is 0 Å². The van der Waals surface area contributed by atoms with Gasteiger partial charge in [-0.05, 0) is 25.0 Å². The van der Waals surface area contributed by atoms with E-state index >= 15 is 0 Å². The van der Waals surface area contributed by atoms with Crippen molar-refractivity contribution in [2.45, 2.75) is 18.3 Å². The Labute approximate surface area is 123 Å². The molecule has 0 saturated heterocycles. The monoisotopic (exact) mass is 298 g/mol. The van der Waals surface area contributed by atoms with Crippen LogP contribution in [-0.4, -0.2) is 16.6 Å². The van der Waals surface area contributed by atoms with Gasteiger partial charge in [-0.3, -0.25) is 4.79 Å². The Kier molecular flexibility index (Phi) is 5.62. The van der Waals surface area contributed by atoms with Gasteiger partial charge in [0.05, 0.1) is 5.41 Å². The summed E-state index contributed by atoms with van der Waals surface area (Å²) in [5.41, 5.74) is -0.654. The first-order valence-electron chi connectivity index (χ1n) is 4.25. The average Bonchev–Trinajstić information content (AvgIpc) is 2.84. The number of carbonyl (C=O) groups is 1. The number of halogens is 2. The molecule has 0 bridgehead atoms. The largest absolute Gasteiger partial charge is 1.00 e.